The standard InChI is InChI=1S/C14H19N3/c15-9-12-17(14-6-1-2-7-14)11-8-13-5-3-4-10-16-13/h3-5,10,14H,1-2,6-8,11-12H2. The van der Waals surface area contributed by atoms with E-state index in [1.54, 1.807) is 0 Å². The van der Waals surface area contributed by atoms with Gasteiger partial charge in [0.05, 0.1) is 12.6 Å². The molecule has 0 unspecified atom stereocenters. The smallest absolute Gasteiger partial charge is 0.0868 e. The van der Waals surface area contributed by atoms with E-state index in [9.17, 15) is 0 Å². The molecule has 1 saturated carbocycles. The third kappa shape index (κ3) is 3.54. The summed E-state index contributed by atoms with van der Waals surface area (Å²) in [5.74, 6) is 0. The number of rotatable bonds is 5. The molecule has 0 spiro atoms. The van der Waals surface area contributed by atoms with Crippen molar-refractivity contribution in [3.05, 3.63) is 30.1 Å². The number of pyridine rings is 1. The normalized spacial score (nSPS) is 16.2. The molecule has 3 heteroatoms. The lowest BCUT2D eigenvalue weighted by molar-refractivity contribution is 0.225. The van der Waals surface area contributed by atoms with Gasteiger partial charge in [-0.05, 0) is 25.0 Å². The summed E-state index contributed by atoms with van der Waals surface area (Å²) in [4.78, 5) is 6.65. The molecule has 1 aliphatic rings. The van der Waals surface area contributed by atoms with Crippen LogP contribution in [0.1, 0.15) is 31.4 Å². The molecule has 0 aromatic carbocycles. The highest BCUT2D eigenvalue weighted by atomic mass is 15.2. The van der Waals surface area contributed by atoms with Crippen molar-refractivity contribution in [2.75, 3.05) is 13.1 Å². The number of nitriles is 1. The first kappa shape index (κ1) is 12.1. The van der Waals surface area contributed by atoms with Crippen LogP contribution in [-0.2, 0) is 6.42 Å². The molecule has 3 nitrogen and oxygen atoms in total. The van der Waals surface area contributed by atoms with Gasteiger partial charge < -0.3 is 0 Å². The topological polar surface area (TPSA) is 39.9 Å². The summed E-state index contributed by atoms with van der Waals surface area (Å²) < 4.78 is 0. The van der Waals surface area contributed by atoms with Gasteiger partial charge in [0, 0.05) is 30.9 Å². The average Bonchev–Trinajstić information content (AvgIpc) is 2.89. The summed E-state index contributed by atoms with van der Waals surface area (Å²) in [5.41, 5.74) is 1.12. The van der Waals surface area contributed by atoms with Crippen molar-refractivity contribution in [2.24, 2.45) is 0 Å². The highest BCUT2D eigenvalue weighted by Crippen LogP contribution is 2.23. The molecule has 0 radical (unpaired) electrons. The first-order valence-electron chi connectivity index (χ1n) is 6.41. The van der Waals surface area contributed by atoms with Crippen LogP contribution in [0.2, 0.25) is 0 Å². The third-order valence-electron chi connectivity index (χ3n) is 3.50. The molecular formula is C14H19N3. The van der Waals surface area contributed by atoms with Crippen LogP contribution in [0, 0.1) is 11.3 Å². The van der Waals surface area contributed by atoms with Crippen molar-refractivity contribution >= 4 is 0 Å². The van der Waals surface area contributed by atoms with Crippen molar-refractivity contribution in [2.45, 2.75) is 38.1 Å². The lowest BCUT2D eigenvalue weighted by Crippen LogP contribution is -2.35. The zero-order chi connectivity index (χ0) is 11.9. The SMILES string of the molecule is N#CCN(CCc1ccccn1)C1CCCC1. The van der Waals surface area contributed by atoms with Crippen LogP contribution in [0.15, 0.2) is 24.4 Å². The molecule has 1 aliphatic carbocycles. The summed E-state index contributed by atoms with van der Waals surface area (Å²) in [6.07, 6.45) is 7.92. The Morgan fingerprint density at radius 1 is 1.35 bits per heavy atom. The zero-order valence-corrected chi connectivity index (χ0v) is 10.2. The Kier molecular flexibility index (Phi) is 4.52. The van der Waals surface area contributed by atoms with Crippen molar-refractivity contribution < 1.29 is 0 Å². The predicted octanol–water partition coefficient (Wildman–Crippen LogP) is 2.39. The van der Waals surface area contributed by atoms with Crippen LogP contribution in [0.25, 0.3) is 0 Å². The van der Waals surface area contributed by atoms with Gasteiger partial charge in [0.15, 0.2) is 0 Å². The van der Waals surface area contributed by atoms with E-state index < -0.39 is 0 Å². The van der Waals surface area contributed by atoms with Gasteiger partial charge in [-0.25, -0.2) is 0 Å². The second kappa shape index (κ2) is 6.36. The maximum atomic E-state index is 8.89. The van der Waals surface area contributed by atoms with Crippen LogP contribution in [-0.4, -0.2) is 29.0 Å². The van der Waals surface area contributed by atoms with E-state index in [0.29, 0.717) is 12.6 Å². The van der Waals surface area contributed by atoms with E-state index in [4.69, 9.17) is 5.26 Å². The highest BCUT2D eigenvalue weighted by molar-refractivity contribution is 5.04. The maximum Gasteiger partial charge on any atom is 0.0868 e. The van der Waals surface area contributed by atoms with Gasteiger partial charge in [-0.2, -0.15) is 5.26 Å². The molecule has 0 atom stereocenters. The molecule has 0 amide bonds. The molecule has 2 rings (SSSR count). The molecule has 90 valence electrons. The monoisotopic (exact) mass is 229 g/mol. The summed E-state index contributed by atoms with van der Waals surface area (Å²) in [5, 5.41) is 8.89. The molecule has 1 heterocycles. The molecular weight excluding hydrogens is 210 g/mol. The quantitative estimate of drug-likeness (QED) is 0.728. The Bertz CT molecular complexity index is 363. The number of aromatic nitrogens is 1. The minimum atomic E-state index is 0.553. The average molecular weight is 229 g/mol. The van der Waals surface area contributed by atoms with Gasteiger partial charge in [-0.15, -0.1) is 0 Å². The fourth-order valence-corrected chi connectivity index (χ4v) is 2.56. The van der Waals surface area contributed by atoms with Gasteiger partial charge in [0.25, 0.3) is 0 Å². The van der Waals surface area contributed by atoms with E-state index in [2.05, 4.69) is 22.0 Å². The molecule has 1 aromatic heterocycles. The molecule has 17 heavy (non-hydrogen) atoms. The van der Waals surface area contributed by atoms with Crippen molar-refractivity contribution in [1.82, 2.24) is 9.88 Å². The van der Waals surface area contributed by atoms with Crippen molar-refractivity contribution in [1.29, 1.82) is 5.26 Å². The van der Waals surface area contributed by atoms with Crippen LogP contribution in [0.4, 0.5) is 0 Å². The molecule has 1 fully saturated rings. The van der Waals surface area contributed by atoms with Crippen molar-refractivity contribution in [3.63, 3.8) is 0 Å². The Morgan fingerprint density at radius 2 is 2.18 bits per heavy atom. The van der Waals surface area contributed by atoms with Crippen LogP contribution in [0.3, 0.4) is 0 Å². The highest BCUT2D eigenvalue weighted by Gasteiger charge is 2.21. The summed E-state index contributed by atoms with van der Waals surface area (Å²) in [6, 6.07) is 8.92. The Labute approximate surface area is 103 Å². The van der Waals surface area contributed by atoms with Crippen molar-refractivity contribution in [3.8, 4) is 6.07 Å². The largest absolute Gasteiger partial charge is 0.287 e. The number of hydrogen-bond donors (Lipinski definition) is 0. The van der Waals surface area contributed by atoms with E-state index in [1.165, 1.54) is 25.7 Å². The van der Waals surface area contributed by atoms with Gasteiger partial charge >= 0.3 is 0 Å². The van der Waals surface area contributed by atoms with Gasteiger partial charge in [0.2, 0.25) is 0 Å². The zero-order valence-electron chi connectivity index (χ0n) is 10.2. The number of nitrogens with zero attached hydrogens (tertiary/aromatic N) is 3. The fraction of sp³-hybridized carbons (Fsp3) is 0.571. The Hall–Kier alpha value is -1.40. The van der Waals surface area contributed by atoms with Gasteiger partial charge in [-0.3, -0.25) is 9.88 Å². The third-order valence-corrected chi connectivity index (χ3v) is 3.50. The minimum absolute atomic E-state index is 0.553. The summed E-state index contributed by atoms with van der Waals surface area (Å²) >= 11 is 0. The molecule has 0 saturated heterocycles. The Balaban J connectivity index is 1.87. The lowest BCUT2D eigenvalue weighted by Gasteiger charge is -2.25. The predicted molar refractivity (Wildman–Crippen MR) is 67.4 cm³/mol. The van der Waals surface area contributed by atoms with E-state index in [1.807, 2.05) is 18.3 Å². The van der Waals surface area contributed by atoms with E-state index in [0.717, 1.165) is 18.7 Å². The second-order valence-electron chi connectivity index (χ2n) is 4.64. The molecule has 0 aliphatic heterocycles. The van der Waals surface area contributed by atoms with Crippen LogP contribution < -0.4 is 0 Å². The summed E-state index contributed by atoms with van der Waals surface area (Å²) in [6.45, 7) is 1.51. The Morgan fingerprint density at radius 3 is 2.82 bits per heavy atom. The first-order valence-corrected chi connectivity index (χ1v) is 6.41. The maximum absolute atomic E-state index is 8.89. The van der Waals surface area contributed by atoms with E-state index >= 15 is 0 Å². The first-order chi connectivity index (χ1) is 8.40. The fourth-order valence-electron chi connectivity index (χ4n) is 2.56. The van der Waals surface area contributed by atoms with Gasteiger partial charge in [-0.1, -0.05) is 18.9 Å². The van der Waals surface area contributed by atoms with Crippen LogP contribution >= 0.6 is 0 Å². The van der Waals surface area contributed by atoms with E-state index in [-0.39, 0.29) is 0 Å². The summed E-state index contributed by atoms with van der Waals surface area (Å²) in [7, 11) is 0. The van der Waals surface area contributed by atoms with Gasteiger partial charge in [0.1, 0.15) is 0 Å². The lowest BCUT2D eigenvalue weighted by atomic mass is 10.2. The van der Waals surface area contributed by atoms with Crippen LogP contribution in [0.5, 0.6) is 0 Å². The number of hydrogen-bond acceptors (Lipinski definition) is 3. The molecule has 0 bridgehead atoms. The molecule has 0 N–H and O–H groups in total. The minimum Gasteiger partial charge on any atom is -0.287 e. The second-order valence-corrected chi connectivity index (χ2v) is 4.64. The molecule has 1 aromatic rings.